The summed E-state index contributed by atoms with van der Waals surface area (Å²) in [6, 6.07) is 9.42. The van der Waals surface area contributed by atoms with Crippen molar-refractivity contribution in [1.82, 2.24) is 19.8 Å². The first kappa shape index (κ1) is 27.5. The van der Waals surface area contributed by atoms with E-state index in [0.717, 1.165) is 70.2 Å². The second-order valence-electron chi connectivity index (χ2n) is 11.8. The molecule has 1 saturated heterocycles. The SMILES string of the molecule is CN(C)CC1(COc2nc3c(c(N4CCCC(O)CC4)n2)CN(C(=O)c2cc(O)cc4cccc(I)c24)C3)CC1. The summed E-state index contributed by atoms with van der Waals surface area (Å²) in [6.45, 7) is 3.74. The normalized spacial score (nSPS) is 20.1. The van der Waals surface area contributed by atoms with E-state index >= 15 is 0 Å². The number of hydrogen-bond acceptors (Lipinski definition) is 8. The number of fused-ring (bicyclic) bond motifs is 2. The lowest BCUT2D eigenvalue weighted by Crippen LogP contribution is -2.29. The zero-order chi connectivity index (χ0) is 28.0. The van der Waals surface area contributed by atoms with Crippen LogP contribution in [0.25, 0.3) is 10.8 Å². The van der Waals surface area contributed by atoms with Gasteiger partial charge in [0.2, 0.25) is 0 Å². The van der Waals surface area contributed by atoms with Crippen molar-refractivity contribution in [2.75, 3.05) is 45.2 Å². The lowest BCUT2D eigenvalue weighted by molar-refractivity contribution is 0.0752. The van der Waals surface area contributed by atoms with Gasteiger partial charge in [-0.3, -0.25) is 4.79 Å². The molecule has 10 heteroatoms. The van der Waals surface area contributed by atoms with E-state index in [1.54, 1.807) is 17.0 Å². The molecule has 1 unspecified atom stereocenters. The largest absolute Gasteiger partial charge is 0.508 e. The summed E-state index contributed by atoms with van der Waals surface area (Å²) in [4.78, 5) is 29.9. The predicted octanol–water partition coefficient (Wildman–Crippen LogP) is 4.17. The lowest BCUT2D eigenvalue weighted by atomic mass is 10.0. The van der Waals surface area contributed by atoms with Gasteiger partial charge in [0.25, 0.3) is 5.91 Å². The van der Waals surface area contributed by atoms with Crippen LogP contribution < -0.4 is 9.64 Å². The third kappa shape index (κ3) is 5.58. The van der Waals surface area contributed by atoms with E-state index in [9.17, 15) is 15.0 Å². The summed E-state index contributed by atoms with van der Waals surface area (Å²) in [7, 11) is 4.17. The molecule has 3 aromatic rings. The van der Waals surface area contributed by atoms with Crippen molar-refractivity contribution in [3.63, 3.8) is 0 Å². The third-order valence-corrected chi connectivity index (χ3v) is 9.18. The van der Waals surface area contributed by atoms with E-state index in [2.05, 4.69) is 46.5 Å². The summed E-state index contributed by atoms with van der Waals surface area (Å²) in [5.41, 5.74) is 2.37. The van der Waals surface area contributed by atoms with Crippen LogP contribution in [0.2, 0.25) is 0 Å². The highest BCUT2D eigenvalue weighted by Gasteiger charge is 2.44. The number of phenolic OH excluding ortho intramolecular Hbond substituents is 1. The molecule has 6 rings (SSSR count). The number of ether oxygens (including phenoxy) is 1. The number of aromatic hydroxyl groups is 1. The number of benzene rings is 2. The molecule has 212 valence electrons. The second-order valence-corrected chi connectivity index (χ2v) is 13.0. The number of aliphatic hydroxyl groups is 1. The number of rotatable bonds is 7. The minimum absolute atomic E-state index is 0.0700. The molecule has 1 aromatic heterocycles. The number of halogens is 1. The van der Waals surface area contributed by atoms with Gasteiger partial charge >= 0.3 is 6.01 Å². The Balaban J connectivity index is 1.32. The van der Waals surface area contributed by atoms with Crippen LogP contribution in [0.1, 0.15) is 53.7 Å². The minimum Gasteiger partial charge on any atom is -0.508 e. The van der Waals surface area contributed by atoms with Crippen LogP contribution in [0, 0.1) is 8.99 Å². The first-order chi connectivity index (χ1) is 19.2. The Hall–Kier alpha value is -2.70. The second kappa shape index (κ2) is 10.9. The Morgan fingerprint density at radius 2 is 2.00 bits per heavy atom. The summed E-state index contributed by atoms with van der Waals surface area (Å²) in [5, 5.41) is 22.3. The Kier molecular flexibility index (Phi) is 7.51. The third-order valence-electron chi connectivity index (χ3n) is 8.28. The number of carbonyl (C=O) groups excluding carboxylic acids is 1. The molecule has 2 N–H and O–H groups in total. The van der Waals surface area contributed by atoms with Crippen molar-refractivity contribution in [2.24, 2.45) is 5.41 Å². The average molecular weight is 658 g/mol. The van der Waals surface area contributed by atoms with Crippen LogP contribution in [0.4, 0.5) is 5.82 Å². The number of carbonyl (C=O) groups is 1. The molecule has 0 radical (unpaired) electrons. The predicted molar refractivity (Wildman–Crippen MR) is 162 cm³/mol. The van der Waals surface area contributed by atoms with Gasteiger partial charge in [0.15, 0.2) is 0 Å². The monoisotopic (exact) mass is 657 g/mol. The fourth-order valence-corrected chi connectivity index (χ4v) is 6.90. The molecule has 3 heterocycles. The maximum Gasteiger partial charge on any atom is 0.318 e. The molecule has 0 bridgehead atoms. The number of hydrogen-bond donors (Lipinski definition) is 2. The first-order valence-electron chi connectivity index (χ1n) is 14.0. The maximum absolute atomic E-state index is 14.0. The molecule has 1 aliphatic carbocycles. The molecule has 9 nitrogen and oxygen atoms in total. The van der Waals surface area contributed by atoms with Gasteiger partial charge in [0, 0.05) is 39.6 Å². The average Bonchev–Trinajstić information content (AvgIpc) is 3.59. The van der Waals surface area contributed by atoms with Gasteiger partial charge in [-0.05, 0) is 92.4 Å². The van der Waals surface area contributed by atoms with Crippen LogP contribution in [-0.4, -0.2) is 82.3 Å². The molecule has 2 fully saturated rings. The van der Waals surface area contributed by atoms with E-state index in [0.29, 0.717) is 44.2 Å². The lowest BCUT2D eigenvalue weighted by Gasteiger charge is -2.25. The zero-order valence-corrected chi connectivity index (χ0v) is 25.2. The fourth-order valence-electron chi connectivity index (χ4n) is 6.09. The molecule has 40 heavy (non-hydrogen) atoms. The highest BCUT2D eigenvalue weighted by atomic mass is 127. The van der Waals surface area contributed by atoms with E-state index in [1.807, 2.05) is 18.2 Å². The molecule has 3 aliphatic rings. The molecule has 1 amide bonds. The van der Waals surface area contributed by atoms with Gasteiger partial charge in [-0.25, -0.2) is 0 Å². The molecular weight excluding hydrogens is 621 g/mol. The summed E-state index contributed by atoms with van der Waals surface area (Å²) in [6.07, 6.45) is 4.28. The van der Waals surface area contributed by atoms with Crippen LogP contribution in [0.5, 0.6) is 11.8 Å². The number of nitrogens with zero attached hydrogens (tertiary/aromatic N) is 5. The quantitative estimate of drug-likeness (QED) is 0.366. The van der Waals surface area contributed by atoms with E-state index in [-0.39, 0.29) is 23.2 Å². The van der Waals surface area contributed by atoms with Crippen LogP contribution in [0.15, 0.2) is 30.3 Å². The Bertz CT molecular complexity index is 1440. The number of aliphatic hydroxyl groups excluding tert-OH is 1. The van der Waals surface area contributed by atoms with Crippen molar-refractivity contribution in [3.05, 3.63) is 50.7 Å². The Morgan fingerprint density at radius 1 is 1.18 bits per heavy atom. The van der Waals surface area contributed by atoms with Gasteiger partial charge in [-0.15, -0.1) is 0 Å². The van der Waals surface area contributed by atoms with Crippen molar-refractivity contribution in [1.29, 1.82) is 0 Å². The Morgan fingerprint density at radius 3 is 2.77 bits per heavy atom. The number of amides is 1. The summed E-state index contributed by atoms with van der Waals surface area (Å²) >= 11 is 2.24. The number of phenols is 1. The Labute approximate surface area is 248 Å². The molecular formula is C30H36IN5O4. The molecule has 1 saturated carbocycles. The van der Waals surface area contributed by atoms with Crippen LogP contribution in [0.3, 0.4) is 0 Å². The zero-order valence-electron chi connectivity index (χ0n) is 23.1. The van der Waals surface area contributed by atoms with Crippen molar-refractivity contribution < 1.29 is 19.7 Å². The standard InChI is InChI=1S/C30H36IN5O4/c1-34(2)17-30(9-10-30)18-40-29-32-25-16-36(15-23(25)27(33-29)35-11-4-6-20(37)8-12-35)28(39)22-14-21(38)13-19-5-3-7-24(31)26(19)22/h3,5,7,13-14,20,37-38H,4,6,8-12,15-18H2,1-2H3. The van der Waals surface area contributed by atoms with Crippen molar-refractivity contribution in [2.45, 2.75) is 51.3 Å². The number of aromatic nitrogens is 2. The maximum atomic E-state index is 14.0. The summed E-state index contributed by atoms with van der Waals surface area (Å²) < 4.78 is 7.21. The first-order valence-corrected chi connectivity index (χ1v) is 15.1. The van der Waals surface area contributed by atoms with Gasteiger partial charge < -0.3 is 29.6 Å². The van der Waals surface area contributed by atoms with E-state index in [1.165, 1.54) is 0 Å². The highest BCUT2D eigenvalue weighted by Crippen LogP contribution is 2.46. The van der Waals surface area contributed by atoms with Gasteiger partial charge in [0.05, 0.1) is 37.1 Å². The topological polar surface area (TPSA) is 102 Å². The molecule has 1 atom stereocenters. The van der Waals surface area contributed by atoms with Gasteiger partial charge in [0.1, 0.15) is 11.6 Å². The number of anilines is 1. The van der Waals surface area contributed by atoms with Crippen molar-refractivity contribution in [3.8, 4) is 11.8 Å². The molecule has 2 aliphatic heterocycles. The van der Waals surface area contributed by atoms with E-state index < -0.39 is 0 Å². The highest BCUT2D eigenvalue weighted by molar-refractivity contribution is 14.1. The van der Waals surface area contributed by atoms with Gasteiger partial charge in [-0.1, -0.05) is 12.1 Å². The van der Waals surface area contributed by atoms with Crippen molar-refractivity contribution >= 4 is 45.1 Å². The smallest absolute Gasteiger partial charge is 0.318 e. The summed E-state index contributed by atoms with van der Waals surface area (Å²) in [5.74, 6) is 0.725. The molecule has 2 aromatic carbocycles. The molecule has 0 spiro atoms. The minimum atomic E-state index is -0.309. The van der Waals surface area contributed by atoms with Crippen LogP contribution >= 0.6 is 22.6 Å². The van der Waals surface area contributed by atoms with Crippen LogP contribution in [-0.2, 0) is 13.1 Å². The van der Waals surface area contributed by atoms with E-state index in [4.69, 9.17) is 14.7 Å². The fraction of sp³-hybridized carbons (Fsp3) is 0.500. The van der Waals surface area contributed by atoms with Gasteiger partial charge in [-0.2, -0.15) is 9.97 Å².